The molecule has 0 aliphatic carbocycles. The third-order valence-electron chi connectivity index (χ3n) is 2.23. The fourth-order valence-corrected chi connectivity index (χ4v) is 1.22. The second-order valence-corrected chi connectivity index (χ2v) is 4.46. The van der Waals surface area contributed by atoms with E-state index in [0.29, 0.717) is 6.61 Å². The van der Waals surface area contributed by atoms with Crippen molar-refractivity contribution in [2.45, 2.75) is 64.9 Å². The van der Waals surface area contributed by atoms with Gasteiger partial charge in [0.25, 0.3) is 0 Å². The predicted molar refractivity (Wildman–Crippen MR) is 60.6 cm³/mol. The molecule has 0 heterocycles. The topological polar surface area (TPSA) is 46.5 Å². The molecule has 0 bridgehead atoms. The van der Waals surface area contributed by atoms with Crippen molar-refractivity contribution in [3.63, 3.8) is 0 Å². The Morgan fingerprint density at radius 2 is 1.67 bits per heavy atom. The number of esters is 1. The molecule has 15 heavy (non-hydrogen) atoms. The van der Waals surface area contributed by atoms with E-state index in [1.165, 1.54) is 39.5 Å². The Bertz CT molecular complexity index is 170. The van der Waals surface area contributed by atoms with Gasteiger partial charge in [-0.25, -0.2) is 4.79 Å². The zero-order valence-electron chi connectivity index (χ0n) is 10.2. The van der Waals surface area contributed by atoms with E-state index in [2.05, 4.69) is 6.92 Å². The van der Waals surface area contributed by atoms with Crippen LogP contribution in [0.4, 0.5) is 0 Å². The molecule has 0 amide bonds. The summed E-state index contributed by atoms with van der Waals surface area (Å²) in [6, 6.07) is 0. The average molecular weight is 216 g/mol. The summed E-state index contributed by atoms with van der Waals surface area (Å²) < 4.78 is 4.92. The number of carbonyl (C=O) groups is 1. The van der Waals surface area contributed by atoms with Crippen LogP contribution in [0.1, 0.15) is 59.3 Å². The van der Waals surface area contributed by atoms with E-state index < -0.39 is 11.6 Å². The van der Waals surface area contributed by atoms with Crippen molar-refractivity contribution in [2.24, 2.45) is 0 Å². The molecule has 1 N–H and O–H groups in total. The van der Waals surface area contributed by atoms with Crippen LogP contribution in [0.5, 0.6) is 0 Å². The Kier molecular flexibility index (Phi) is 7.39. The molecule has 0 unspecified atom stereocenters. The maximum Gasteiger partial charge on any atom is 0.337 e. The minimum absolute atomic E-state index is 0.426. The third-order valence-corrected chi connectivity index (χ3v) is 2.23. The standard InChI is InChI=1S/C12H24O3/c1-4-5-6-7-8-9-10-15-11(13)12(2,3)14/h14H,4-10H2,1-3H3. The van der Waals surface area contributed by atoms with Gasteiger partial charge in [-0.05, 0) is 20.3 Å². The van der Waals surface area contributed by atoms with Crippen molar-refractivity contribution in [3.05, 3.63) is 0 Å². The Morgan fingerprint density at radius 3 is 2.20 bits per heavy atom. The lowest BCUT2D eigenvalue weighted by Gasteiger charge is -2.15. The lowest BCUT2D eigenvalue weighted by molar-refractivity contribution is -0.161. The average Bonchev–Trinajstić information content (AvgIpc) is 2.14. The molecule has 0 aromatic rings. The SMILES string of the molecule is CCCCCCCCOC(=O)C(C)(C)O. The van der Waals surface area contributed by atoms with Gasteiger partial charge in [0.1, 0.15) is 0 Å². The van der Waals surface area contributed by atoms with Crippen molar-refractivity contribution in [1.29, 1.82) is 0 Å². The molecular weight excluding hydrogens is 192 g/mol. The molecule has 0 aliphatic heterocycles. The van der Waals surface area contributed by atoms with Crippen LogP contribution in [0.25, 0.3) is 0 Å². The highest BCUT2D eigenvalue weighted by molar-refractivity contribution is 5.78. The summed E-state index contributed by atoms with van der Waals surface area (Å²) in [4.78, 5) is 11.1. The summed E-state index contributed by atoms with van der Waals surface area (Å²) >= 11 is 0. The summed E-state index contributed by atoms with van der Waals surface area (Å²) in [5.41, 5.74) is -1.36. The minimum Gasteiger partial charge on any atom is -0.464 e. The van der Waals surface area contributed by atoms with Gasteiger partial charge in [0, 0.05) is 0 Å². The first kappa shape index (κ1) is 14.4. The summed E-state index contributed by atoms with van der Waals surface area (Å²) in [6.45, 7) is 5.49. The van der Waals surface area contributed by atoms with Gasteiger partial charge in [-0.3, -0.25) is 0 Å². The second-order valence-electron chi connectivity index (χ2n) is 4.46. The van der Waals surface area contributed by atoms with Crippen LogP contribution in [-0.4, -0.2) is 23.3 Å². The van der Waals surface area contributed by atoms with Crippen molar-refractivity contribution >= 4 is 5.97 Å². The van der Waals surface area contributed by atoms with Gasteiger partial charge in [0.2, 0.25) is 0 Å². The minimum atomic E-state index is -1.36. The van der Waals surface area contributed by atoms with Crippen molar-refractivity contribution < 1.29 is 14.6 Å². The molecule has 0 aliphatic rings. The molecule has 0 aromatic heterocycles. The first-order chi connectivity index (χ1) is 6.98. The summed E-state index contributed by atoms with van der Waals surface area (Å²) in [6.07, 6.45) is 6.98. The fraction of sp³-hybridized carbons (Fsp3) is 0.917. The molecule has 90 valence electrons. The second kappa shape index (κ2) is 7.69. The number of ether oxygens (including phenoxy) is 1. The van der Waals surface area contributed by atoms with Crippen molar-refractivity contribution in [3.8, 4) is 0 Å². The molecule has 0 spiro atoms. The molecule has 0 atom stereocenters. The first-order valence-corrected chi connectivity index (χ1v) is 5.88. The van der Waals surface area contributed by atoms with Crippen molar-refractivity contribution in [1.82, 2.24) is 0 Å². The molecule has 0 radical (unpaired) electrons. The zero-order valence-corrected chi connectivity index (χ0v) is 10.2. The molecule has 0 aromatic carbocycles. The third kappa shape index (κ3) is 8.43. The highest BCUT2D eigenvalue weighted by Crippen LogP contribution is 2.07. The molecule has 0 saturated carbocycles. The number of carbonyl (C=O) groups excluding carboxylic acids is 1. The summed E-state index contributed by atoms with van der Waals surface area (Å²) in [7, 11) is 0. The van der Waals surface area contributed by atoms with Crippen molar-refractivity contribution in [2.75, 3.05) is 6.61 Å². The van der Waals surface area contributed by atoms with Gasteiger partial charge in [0.15, 0.2) is 5.60 Å². The van der Waals surface area contributed by atoms with Crippen LogP contribution in [-0.2, 0) is 9.53 Å². The van der Waals surface area contributed by atoms with Crippen LogP contribution in [0.15, 0.2) is 0 Å². The summed E-state index contributed by atoms with van der Waals surface area (Å²) in [5, 5.41) is 9.28. The molecule has 0 rings (SSSR count). The van der Waals surface area contributed by atoms with Crippen LogP contribution in [0.2, 0.25) is 0 Å². The number of aliphatic hydroxyl groups is 1. The molecule has 0 fully saturated rings. The van der Waals surface area contributed by atoms with Crippen LogP contribution >= 0.6 is 0 Å². The Morgan fingerprint density at radius 1 is 1.13 bits per heavy atom. The van der Waals surface area contributed by atoms with Gasteiger partial charge in [-0.2, -0.15) is 0 Å². The Balaban J connectivity index is 3.28. The van der Waals surface area contributed by atoms with E-state index in [1.807, 2.05) is 0 Å². The van der Waals surface area contributed by atoms with E-state index in [1.54, 1.807) is 0 Å². The van der Waals surface area contributed by atoms with E-state index >= 15 is 0 Å². The van der Waals surface area contributed by atoms with Gasteiger partial charge < -0.3 is 9.84 Å². The molecule has 3 nitrogen and oxygen atoms in total. The number of hydrogen-bond donors (Lipinski definition) is 1. The van der Waals surface area contributed by atoms with Gasteiger partial charge in [-0.15, -0.1) is 0 Å². The van der Waals surface area contributed by atoms with Crippen LogP contribution in [0, 0.1) is 0 Å². The number of unbranched alkanes of at least 4 members (excludes halogenated alkanes) is 5. The van der Waals surface area contributed by atoms with Crippen LogP contribution in [0.3, 0.4) is 0 Å². The summed E-state index contributed by atoms with van der Waals surface area (Å²) in [5.74, 6) is -0.531. The maximum absolute atomic E-state index is 11.1. The smallest absolute Gasteiger partial charge is 0.337 e. The number of rotatable bonds is 8. The Hall–Kier alpha value is -0.570. The maximum atomic E-state index is 11.1. The lowest BCUT2D eigenvalue weighted by Crippen LogP contribution is -2.33. The normalized spacial score (nSPS) is 11.5. The van der Waals surface area contributed by atoms with Gasteiger partial charge in [-0.1, -0.05) is 39.0 Å². The lowest BCUT2D eigenvalue weighted by atomic mass is 10.1. The van der Waals surface area contributed by atoms with Gasteiger partial charge in [0.05, 0.1) is 6.61 Å². The van der Waals surface area contributed by atoms with Crippen LogP contribution < -0.4 is 0 Å². The number of hydrogen-bond acceptors (Lipinski definition) is 3. The molecular formula is C12H24O3. The van der Waals surface area contributed by atoms with E-state index in [-0.39, 0.29) is 0 Å². The first-order valence-electron chi connectivity index (χ1n) is 5.88. The zero-order chi connectivity index (χ0) is 11.7. The highest BCUT2D eigenvalue weighted by atomic mass is 16.5. The van der Waals surface area contributed by atoms with E-state index in [9.17, 15) is 9.90 Å². The fourth-order valence-electron chi connectivity index (χ4n) is 1.22. The highest BCUT2D eigenvalue weighted by Gasteiger charge is 2.25. The van der Waals surface area contributed by atoms with E-state index in [0.717, 1.165) is 12.8 Å². The quantitative estimate of drug-likeness (QED) is 0.501. The molecule has 0 saturated heterocycles. The molecule has 3 heteroatoms. The predicted octanol–water partition coefficient (Wildman–Crippen LogP) is 2.66. The monoisotopic (exact) mass is 216 g/mol. The van der Waals surface area contributed by atoms with E-state index in [4.69, 9.17) is 4.74 Å². The van der Waals surface area contributed by atoms with Gasteiger partial charge >= 0.3 is 5.97 Å². The largest absolute Gasteiger partial charge is 0.464 e. The Labute approximate surface area is 92.8 Å².